The summed E-state index contributed by atoms with van der Waals surface area (Å²) in [5.41, 5.74) is 0. The van der Waals surface area contributed by atoms with E-state index in [-0.39, 0.29) is 19.4 Å². The smallest absolute Gasteiger partial charge is 0.306 e. The number of allylic oxidation sites excluding steroid dienone is 4. The van der Waals surface area contributed by atoms with Crippen LogP contribution in [-0.4, -0.2) is 96.0 Å². The monoisotopic (exact) mass is 903 g/mol. The van der Waals surface area contributed by atoms with Crippen molar-refractivity contribution >= 4 is 22.1 Å². The van der Waals surface area contributed by atoms with Crippen molar-refractivity contribution in [2.24, 2.45) is 0 Å². The molecule has 0 radical (unpaired) electrons. The van der Waals surface area contributed by atoms with E-state index in [0.29, 0.717) is 12.8 Å². The van der Waals surface area contributed by atoms with E-state index >= 15 is 0 Å². The van der Waals surface area contributed by atoms with Crippen LogP contribution in [0.2, 0.25) is 0 Å². The zero-order valence-corrected chi connectivity index (χ0v) is 39.8. The lowest BCUT2D eigenvalue weighted by Gasteiger charge is -2.40. The highest BCUT2D eigenvalue weighted by Crippen LogP contribution is 2.24. The average Bonchev–Trinajstić information content (AvgIpc) is 3.24. The minimum absolute atomic E-state index is 0.167. The average molecular weight is 903 g/mol. The zero-order chi connectivity index (χ0) is 45.5. The van der Waals surface area contributed by atoms with Gasteiger partial charge in [0.15, 0.2) is 12.4 Å². The molecule has 1 aliphatic heterocycles. The molecule has 0 aliphatic carbocycles. The summed E-state index contributed by atoms with van der Waals surface area (Å²) in [6.45, 7) is 3.76. The number of rotatable bonds is 42. The van der Waals surface area contributed by atoms with E-state index in [1.54, 1.807) is 0 Å². The lowest BCUT2D eigenvalue weighted by atomic mass is 10.00. The number of aliphatic hydroxyl groups is 3. The van der Waals surface area contributed by atoms with Gasteiger partial charge in [-0.1, -0.05) is 186 Å². The number of ether oxygens (including phenoxy) is 4. The molecule has 12 nitrogen and oxygen atoms in total. The Hall–Kier alpha value is -1.87. The molecule has 0 aromatic rings. The first-order valence-corrected chi connectivity index (χ1v) is 26.5. The Morgan fingerprint density at radius 1 is 0.548 bits per heavy atom. The van der Waals surface area contributed by atoms with Gasteiger partial charge in [0.05, 0.1) is 6.61 Å². The molecule has 62 heavy (non-hydrogen) atoms. The summed E-state index contributed by atoms with van der Waals surface area (Å²) < 4.78 is 54.2. The number of hydrogen-bond donors (Lipinski definition) is 4. The van der Waals surface area contributed by atoms with Gasteiger partial charge in [-0.15, -0.1) is 0 Å². The van der Waals surface area contributed by atoms with Crippen LogP contribution in [0.4, 0.5) is 0 Å². The fraction of sp³-hybridized carbons (Fsp3) is 0.878. The number of carbonyl (C=O) groups excluding carboxylic acids is 2. The fourth-order valence-electron chi connectivity index (χ4n) is 7.65. The number of hydrogen-bond acceptors (Lipinski definition) is 11. The SMILES string of the molecule is CCCCC/C=C/C/C=C/CCCCCCCCCC(=O)OC[C@H](CO[C@H]1O[C@H](CS(=O)(=O)O)[C@@H](O)C(O)C1O)OC(=O)CCCCCCCCCCCCCCCCCCC. The Balaban J connectivity index is 2.39. The van der Waals surface area contributed by atoms with E-state index in [0.717, 1.165) is 57.8 Å². The topological polar surface area (TPSA) is 186 Å². The third-order valence-corrected chi connectivity index (χ3v) is 12.3. The van der Waals surface area contributed by atoms with Crippen molar-refractivity contribution in [3.8, 4) is 0 Å². The van der Waals surface area contributed by atoms with Crippen molar-refractivity contribution in [1.82, 2.24) is 0 Å². The van der Waals surface area contributed by atoms with Crippen molar-refractivity contribution in [2.45, 2.75) is 256 Å². The summed E-state index contributed by atoms with van der Waals surface area (Å²) in [5.74, 6) is -1.98. The van der Waals surface area contributed by atoms with E-state index in [1.165, 1.54) is 122 Å². The van der Waals surface area contributed by atoms with Crippen LogP contribution in [0.1, 0.15) is 219 Å². The molecule has 13 heteroatoms. The minimum atomic E-state index is -4.60. The zero-order valence-electron chi connectivity index (χ0n) is 39.0. The molecule has 1 rings (SSSR count). The molecule has 1 aliphatic rings. The predicted molar refractivity (Wildman–Crippen MR) is 247 cm³/mol. The molecule has 0 aromatic heterocycles. The summed E-state index contributed by atoms with van der Waals surface area (Å²) in [4.78, 5) is 25.5. The first-order chi connectivity index (χ1) is 30.0. The Labute approximate surface area is 377 Å². The highest BCUT2D eigenvalue weighted by molar-refractivity contribution is 7.85. The Kier molecular flexibility index (Phi) is 37.0. The van der Waals surface area contributed by atoms with Gasteiger partial charge in [-0.05, 0) is 44.9 Å². The maximum atomic E-state index is 12.9. The quantitative estimate of drug-likeness (QED) is 0.0197. The fourth-order valence-corrected chi connectivity index (χ4v) is 8.34. The van der Waals surface area contributed by atoms with Gasteiger partial charge in [-0.3, -0.25) is 14.1 Å². The number of carbonyl (C=O) groups is 2. The van der Waals surface area contributed by atoms with E-state index in [9.17, 15) is 37.9 Å². The van der Waals surface area contributed by atoms with Gasteiger partial charge >= 0.3 is 11.9 Å². The normalized spacial score (nSPS) is 20.0. The lowest BCUT2D eigenvalue weighted by molar-refractivity contribution is -0.297. The van der Waals surface area contributed by atoms with E-state index in [2.05, 4.69) is 38.2 Å². The Morgan fingerprint density at radius 2 is 0.968 bits per heavy atom. The van der Waals surface area contributed by atoms with Crippen LogP contribution >= 0.6 is 0 Å². The van der Waals surface area contributed by atoms with Gasteiger partial charge in [0.25, 0.3) is 10.1 Å². The molecule has 0 bridgehead atoms. The first kappa shape index (κ1) is 58.1. The molecular formula is C49H90O12S. The predicted octanol–water partition coefficient (Wildman–Crippen LogP) is 10.8. The summed E-state index contributed by atoms with van der Waals surface area (Å²) in [5, 5.41) is 30.9. The van der Waals surface area contributed by atoms with E-state index < -0.39 is 71.2 Å². The second kappa shape index (κ2) is 39.5. The molecule has 0 saturated carbocycles. The molecule has 1 fully saturated rings. The number of aliphatic hydroxyl groups excluding tert-OH is 3. The van der Waals surface area contributed by atoms with Crippen LogP contribution in [0, 0.1) is 0 Å². The van der Waals surface area contributed by atoms with Gasteiger partial charge < -0.3 is 34.3 Å². The van der Waals surface area contributed by atoms with Crippen LogP contribution in [0.25, 0.3) is 0 Å². The Morgan fingerprint density at radius 3 is 1.45 bits per heavy atom. The van der Waals surface area contributed by atoms with Gasteiger partial charge in [0.2, 0.25) is 0 Å². The van der Waals surface area contributed by atoms with Gasteiger partial charge in [0, 0.05) is 12.8 Å². The van der Waals surface area contributed by atoms with Crippen LogP contribution in [0.3, 0.4) is 0 Å². The molecule has 6 atom stereocenters. The molecular weight excluding hydrogens is 813 g/mol. The molecule has 0 spiro atoms. The summed E-state index contributed by atoms with van der Waals surface area (Å²) in [6.07, 6.45) is 35.0. The molecule has 364 valence electrons. The molecule has 1 heterocycles. The summed E-state index contributed by atoms with van der Waals surface area (Å²) >= 11 is 0. The maximum Gasteiger partial charge on any atom is 0.306 e. The molecule has 2 unspecified atom stereocenters. The van der Waals surface area contributed by atoms with Crippen molar-refractivity contribution < 1.29 is 56.8 Å². The minimum Gasteiger partial charge on any atom is -0.462 e. The number of unbranched alkanes of at least 4 members (excludes halogenated alkanes) is 26. The standard InChI is InChI=1S/C49H90O12S/c1-3-5-7-9-11-13-15-17-19-21-23-25-27-29-31-33-35-37-44(50)58-39-42(40-59-49-48(54)47(53)46(52)43(61-49)41-62(55,56)57)60-45(51)38-36-34-32-30-28-26-24-22-20-18-16-14-12-10-8-6-4-2/h11,13,17,19,42-43,46-49,52-54H,3-10,12,14-16,18,20-41H2,1-2H3,(H,55,56,57)/b13-11+,19-17+/t42-,43-,46-,47?,48?,49+/m1/s1. The summed E-state index contributed by atoms with van der Waals surface area (Å²) in [6, 6.07) is 0. The lowest BCUT2D eigenvalue weighted by Crippen LogP contribution is -2.60. The second-order valence-electron chi connectivity index (χ2n) is 17.5. The highest BCUT2D eigenvalue weighted by atomic mass is 32.2. The second-order valence-corrected chi connectivity index (χ2v) is 19.0. The molecule has 4 N–H and O–H groups in total. The number of esters is 2. The van der Waals surface area contributed by atoms with Gasteiger partial charge in [-0.2, -0.15) is 8.42 Å². The summed E-state index contributed by atoms with van der Waals surface area (Å²) in [7, 11) is -4.60. The Bertz CT molecular complexity index is 1240. The van der Waals surface area contributed by atoms with E-state index in [1.807, 2.05) is 0 Å². The van der Waals surface area contributed by atoms with Crippen LogP contribution in [-0.2, 0) is 38.7 Å². The molecule has 0 aromatic carbocycles. The van der Waals surface area contributed by atoms with Crippen molar-refractivity contribution in [2.75, 3.05) is 19.0 Å². The van der Waals surface area contributed by atoms with Crippen molar-refractivity contribution in [3.05, 3.63) is 24.3 Å². The maximum absolute atomic E-state index is 12.9. The molecule has 0 amide bonds. The van der Waals surface area contributed by atoms with Crippen LogP contribution in [0.5, 0.6) is 0 Å². The van der Waals surface area contributed by atoms with Crippen LogP contribution in [0.15, 0.2) is 24.3 Å². The van der Waals surface area contributed by atoms with Gasteiger partial charge in [0.1, 0.15) is 36.8 Å². The van der Waals surface area contributed by atoms with Crippen molar-refractivity contribution in [1.29, 1.82) is 0 Å². The highest BCUT2D eigenvalue weighted by Gasteiger charge is 2.46. The van der Waals surface area contributed by atoms with Crippen molar-refractivity contribution in [3.63, 3.8) is 0 Å². The van der Waals surface area contributed by atoms with Crippen LogP contribution < -0.4 is 0 Å². The van der Waals surface area contributed by atoms with E-state index in [4.69, 9.17) is 18.9 Å². The largest absolute Gasteiger partial charge is 0.462 e. The van der Waals surface area contributed by atoms with Gasteiger partial charge in [-0.25, -0.2) is 0 Å². The third-order valence-electron chi connectivity index (χ3n) is 11.5. The first-order valence-electron chi connectivity index (χ1n) is 24.9. The molecule has 1 saturated heterocycles. The third kappa shape index (κ3) is 33.6.